The number of aryl methyl sites for hydroxylation is 1. The van der Waals surface area contributed by atoms with Crippen LogP contribution in [-0.4, -0.2) is 9.97 Å². The first-order chi connectivity index (χ1) is 7.25. The molecule has 15 heavy (non-hydrogen) atoms. The molecule has 0 radical (unpaired) electrons. The second kappa shape index (κ2) is 4.30. The second-order valence-corrected chi connectivity index (χ2v) is 4.05. The third-order valence-electron chi connectivity index (χ3n) is 2.50. The van der Waals surface area contributed by atoms with Crippen molar-refractivity contribution < 1.29 is 0 Å². The van der Waals surface area contributed by atoms with E-state index in [0.717, 1.165) is 24.9 Å². The van der Waals surface area contributed by atoms with Crippen LogP contribution in [-0.2, 0) is 6.42 Å². The number of aromatic nitrogens is 2. The molecule has 0 amide bonds. The fraction of sp³-hybridized carbons (Fsp3) is 0.308. The highest BCUT2D eigenvalue weighted by molar-refractivity contribution is 5.76. The summed E-state index contributed by atoms with van der Waals surface area (Å²) >= 11 is 0. The molecule has 0 saturated carbocycles. The molecule has 0 aliphatic heterocycles. The molecule has 2 aromatic rings. The number of hydrogen-bond donors (Lipinski definition) is 1. The average Bonchev–Trinajstić information content (AvgIpc) is 2.59. The fourth-order valence-electron chi connectivity index (χ4n) is 1.73. The summed E-state index contributed by atoms with van der Waals surface area (Å²) < 4.78 is 0. The Balaban J connectivity index is 2.05. The van der Waals surface area contributed by atoms with Gasteiger partial charge in [0, 0.05) is 17.3 Å². The zero-order valence-electron chi connectivity index (χ0n) is 9.09. The van der Waals surface area contributed by atoms with Gasteiger partial charge in [0.15, 0.2) is 0 Å². The third-order valence-corrected chi connectivity index (χ3v) is 2.50. The first kappa shape index (κ1) is 9.97. The van der Waals surface area contributed by atoms with Gasteiger partial charge in [0.1, 0.15) is 5.65 Å². The van der Waals surface area contributed by atoms with Crippen LogP contribution in [0.25, 0.3) is 11.0 Å². The van der Waals surface area contributed by atoms with Gasteiger partial charge in [-0.25, -0.2) is 4.98 Å². The van der Waals surface area contributed by atoms with E-state index >= 15 is 0 Å². The predicted molar refractivity (Wildman–Crippen MR) is 63.8 cm³/mol. The van der Waals surface area contributed by atoms with Crippen LogP contribution in [0, 0.1) is 0 Å². The smallest absolute Gasteiger partial charge is 0.137 e. The van der Waals surface area contributed by atoms with Gasteiger partial charge in [-0.15, -0.1) is 6.58 Å². The minimum absolute atomic E-state index is 0.989. The van der Waals surface area contributed by atoms with Crippen molar-refractivity contribution in [3.05, 3.63) is 42.2 Å². The van der Waals surface area contributed by atoms with Crippen LogP contribution in [0.4, 0.5) is 0 Å². The van der Waals surface area contributed by atoms with Crippen LogP contribution in [0.1, 0.15) is 25.5 Å². The van der Waals surface area contributed by atoms with E-state index in [-0.39, 0.29) is 0 Å². The van der Waals surface area contributed by atoms with Crippen molar-refractivity contribution in [2.75, 3.05) is 0 Å². The fourth-order valence-corrected chi connectivity index (χ4v) is 1.73. The maximum absolute atomic E-state index is 4.27. The molecule has 0 unspecified atom stereocenters. The van der Waals surface area contributed by atoms with Gasteiger partial charge in [-0.1, -0.05) is 5.57 Å². The molecule has 0 saturated heterocycles. The Hall–Kier alpha value is -1.57. The molecule has 0 aliphatic rings. The summed E-state index contributed by atoms with van der Waals surface area (Å²) in [7, 11) is 0. The first-order valence-electron chi connectivity index (χ1n) is 5.33. The standard InChI is InChI=1S/C13H16N2/c1-10(2)5-3-7-12-9-11-6-4-8-14-13(11)15-12/h4,6,8-9H,1,3,5,7H2,2H3,(H,14,15). The summed E-state index contributed by atoms with van der Waals surface area (Å²) in [6.45, 7) is 5.98. The summed E-state index contributed by atoms with van der Waals surface area (Å²) in [5.74, 6) is 0. The summed E-state index contributed by atoms with van der Waals surface area (Å²) in [4.78, 5) is 7.60. The second-order valence-electron chi connectivity index (χ2n) is 4.05. The highest BCUT2D eigenvalue weighted by atomic mass is 14.8. The van der Waals surface area contributed by atoms with Crippen LogP contribution in [0.2, 0.25) is 0 Å². The van der Waals surface area contributed by atoms with E-state index in [9.17, 15) is 0 Å². The molecule has 2 nitrogen and oxygen atoms in total. The van der Waals surface area contributed by atoms with Crippen LogP contribution in [0.3, 0.4) is 0 Å². The molecular weight excluding hydrogens is 184 g/mol. The van der Waals surface area contributed by atoms with Crippen LogP contribution >= 0.6 is 0 Å². The van der Waals surface area contributed by atoms with Crippen LogP contribution in [0.15, 0.2) is 36.5 Å². The maximum Gasteiger partial charge on any atom is 0.137 e. The molecule has 2 heterocycles. The Morgan fingerprint density at radius 1 is 1.53 bits per heavy atom. The number of nitrogens with zero attached hydrogens (tertiary/aromatic N) is 1. The highest BCUT2D eigenvalue weighted by Crippen LogP contribution is 2.14. The van der Waals surface area contributed by atoms with Crippen molar-refractivity contribution in [3.63, 3.8) is 0 Å². The van der Waals surface area contributed by atoms with Crippen molar-refractivity contribution in [1.82, 2.24) is 9.97 Å². The number of hydrogen-bond acceptors (Lipinski definition) is 1. The van der Waals surface area contributed by atoms with Gasteiger partial charge in [-0.05, 0) is 44.4 Å². The number of allylic oxidation sites excluding steroid dienone is 1. The number of fused-ring (bicyclic) bond motifs is 1. The number of H-pyrrole nitrogens is 1. The van der Waals surface area contributed by atoms with Gasteiger partial charge in [0.2, 0.25) is 0 Å². The summed E-state index contributed by atoms with van der Waals surface area (Å²) in [5.41, 5.74) is 3.51. The quantitative estimate of drug-likeness (QED) is 0.752. The first-order valence-corrected chi connectivity index (χ1v) is 5.33. The van der Waals surface area contributed by atoms with E-state index in [2.05, 4.69) is 35.6 Å². The van der Waals surface area contributed by atoms with Crippen molar-refractivity contribution in [3.8, 4) is 0 Å². The molecule has 0 atom stereocenters. The van der Waals surface area contributed by atoms with Crippen molar-refractivity contribution in [1.29, 1.82) is 0 Å². The van der Waals surface area contributed by atoms with Crippen molar-refractivity contribution in [2.24, 2.45) is 0 Å². The Labute approximate surface area is 90.0 Å². The van der Waals surface area contributed by atoms with Crippen LogP contribution in [0.5, 0.6) is 0 Å². The molecule has 78 valence electrons. The largest absolute Gasteiger partial charge is 0.343 e. The molecular formula is C13H16N2. The van der Waals surface area contributed by atoms with Gasteiger partial charge in [-0.2, -0.15) is 0 Å². The molecule has 2 heteroatoms. The average molecular weight is 200 g/mol. The van der Waals surface area contributed by atoms with Crippen LogP contribution < -0.4 is 0 Å². The summed E-state index contributed by atoms with van der Waals surface area (Å²) in [6, 6.07) is 6.23. The number of nitrogens with one attached hydrogen (secondary N) is 1. The van der Waals surface area contributed by atoms with Gasteiger partial charge in [0.25, 0.3) is 0 Å². The van der Waals surface area contributed by atoms with E-state index in [4.69, 9.17) is 0 Å². The normalized spacial score (nSPS) is 10.7. The molecule has 2 rings (SSSR count). The van der Waals surface area contributed by atoms with Gasteiger partial charge >= 0.3 is 0 Å². The monoisotopic (exact) mass is 200 g/mol. The maximum atomic E-state index is 4.27. The predicted octanol–water partition coefficient (Wildman–Crippen LogP) is 3.46. The Bertz CT molecular complexity index is 435. The molecule has 0 bridgehead atoms. The molecule has 0 fully saturated rings. The number of pyridine rings is 1. The number of rotatable bonds is 4. The summed E-state index contributed by atoms with van der Waals surface area (Å²) in [6.07, 6.45) is 5.14. The summed E-state index contributed by atoms with van der Waals surface area (Å²) in [5, 5.41) is 1.20. The van der Waals surface area contributed by atoms with Crippen molar-refractivity contribution in [2.45, 2.75) is 26.2 Å². The lowest BCUT2D eigenvalue weighted by Gasteiger charge is -1.97. The molecule has 0 aromatic carbocycles. The van der Waals surface area contributed by atoms with Gasteiger partial charge in [-0.3, -0.25) is 0 Å². The molecule has 0 aliphatic carbocycles. The van der Waals surface area contributed by atoms with E-state index in [1.54, 1.807) is 0 Å². The van der Waals surface area contributed by atoms with E-state index in [0.29, 0.717) is 0 Å². The minimum atomic E-state index is 0.989. The Kier molecular flexibility index (Phi) is 2.86. The zero-order chi connectivity index (χ0) is 10.7. The molecule has 1 N–H and O–H groups in total. The SMILES string of the molecule is C=C(C)CCCc1cc2cccnc2[nH]1. The van der Waals surface area contributed by atoms with Crippen molar-refractivity contribution >= 4 is 11.0 Å². The van der Waals surface area contributed by atoms with Gasteiger partial charge in [0.05, 0.1) is 0 Å². The lowest BCUT2D eigenvalue weighted by molar-refractivity contribution is 0.800. The minimum Gasteiger partial charge on any atom is -0.343 e. The van der Waals surface area contributed by atoms with Gasteiger partial charge < -0.3 is 4.98 Å². The Morgan fingerprint density at radius 3 is 3.13 bits per heavy atom. The van der Waals surface area contributed by atoms with E-state index in [1.165, 1.54) is 16.7 Å². The van der Waals surface area contributed by atoms with E-state index in [1.807, 2.05) is 12.3 Å². The zero-order valence-corrected chi connectivity index (χ0v) is 9.09. The highest BCUT2D eigenvalue weighted by Gasteiger charge is 2.00. The molecule has 0 spiro atoms. The lowest BCUT2D eigenvalue weighted by atomic mass is 10.1. The van der Waals surface area contributed by atoms with E-state index < -0.39 is 0 Å². The third kappa shape index (κ3) is 2.46. The Morgan fingerprint density at radius 2 is 2.40 bits per heavy atom. The molecule has 2 aromatic heterocycles. The topological polar surface area (TPSA) is 28.7 Å². The lowest BCUT2D eigenvalue weighted by Crippen LogP contribution is -1.85. The number of aromatic amines is 1.